The molecule has 0 aromatic heterocycles. The average Bonchev–Trinajstić information content (AvgIpc) is 2.73. The van der Waals surface area contributed by atoms with Gasteiger partial charge in [-0.1, -0.05) is 31.2 Å². The lowest BCUT2D eigenvalue weighted by Crippen LogP contribution is -2.27. The molecule has 0 heterocycles. The van der Waals surface area contributed by atoms with Gasteiger partial charge in [0.15, 0.2) is 14.7 Å². The summed E-state index contributed by atoms with van der Waals surface area (Å²) in [6.45, 7) is 17.6. The molecule has 3 aromatic rings. The third-order valence-corrected chi connectivity index (χ3v) is 8.86. The topological polar surface area (TPSA) is 9.23 Å². The molecule has 0 saturated heterocycles. The fraction of sp³-hybridized carbons (Fsp3) is 0.357. The van der Waals surface area contributed by atoms with Crippen LogP contribution in [-0.2, 0) is 10.9 Å². The van der Waals surface area contributed by atoms with Crippen LogP contribution in [-0.4, -0.2) is 5.60 Å². The Kier molecular flexibility index (Phi) is 6.67. The largest absolute Gasteiger partial charge is 0.488 e. The van der Waals surface area contributed by atoms with Crippen molar-refractivity contribution in [2.75, 3.05) is 0 Å². The Labute approximate surface area is 185 Å². The van der Waals surface area contributed by atoms with E-state index in [4.69, 9.17) is 4.74 Å². The van der Waals surface area contributed by atoms with Crippen LogP contribution in [0, 0.1) is 34.6 Å². The van der Waals surface area contributed by atoms with Gasteiger partial charge in [0.25, 0.3) is 0 Å². The van der Waals surface area contributed by atoms with E-state index in [0.29, 0.717) is 0 Å². The molecule has 0 aliphatic heterocycles. The van der Waals surface area contributed by atoms with Gasteiger partial charge < -0.3 is 4.74 Å². The number of ether oxygens (including phenoxy) is 1. The lowest BCUT2D eigenvalue weighted by Gasteiger charge is -2.26. The molecule has 0 radical (unpaired) electrons. The molecule has 0 fully saturated rings. The number of hydrogen-bond donors (Lipinski definition) is 0. The highest BCUT2D eigenvalue weighted by Crippen LogP contribution is 2.39. The van der Waals surface area contributed by atoms with E-state index in [1.807, 2.05) is 0 Å². The molecule has 3 rings (SSSR count). The van der Waals surface area contributed by atoms with Crippen LogP contribution >= 0.6 is 0 Å². The minimum Gasteiger partial charge on any atom is -0.488 e. The van der Waals surface area contributed by atoms with Crippen molar-refractivity contribution in [1.29, 1.82) is 0 Å². The quantitative estimate of drug-likeness (QED) is 0.369. The highest BCUT2D eigenvalue weighted by atomic mass is 32.2. The van der Waals surface area contributed by atoms with Gasteiger partial charge in [0.05, 0.1) is 10.9 Å². The molecule has 1 atom stereocenters. The van der Waals surface area contributed by atoms with Gasteiger partial charge in [-0.3, -0.25) is 0 Å². The van der Waals surface area contributed by atoms with E-state index < -0.39 is 0 Å². The van der Waals surface area contributed by atoms with Crippen molar-refractivity contribution in [3.8, 4) is 5.75 Å². The van der Waals surface area contributed by atoms with Crippen molar-refractivity contribution in [3.05, 3.63) is 82.4 Å². The van der Waals surface area contributed by atoms with Crippen molar-refractivity contribution in [1.82, 2.24) is 0 Å². The maximum Gasteiger partial charge on any atom is 0.170 e. The second kappa shape index (κ2) is 8.89. The van der Waals surface area contributed by atoms with Crippen LogP contribution in [0.5, 0.6) is 5.75 Å². The van der Waals surface area contributed by atoms with Gasteiger partial charge in [0.1, 0.15) is 11.4 Å². The smallest absolute Gasteiger partial charge is 0.170 e. The predicted molar refractivity (Wildman–Crippen MR) is 130 cm³/mol. The van der Waals surface area contributed by atoms with Crippen LogP contribution in [0.15, 0.2) is 69.3 Å². The third kappa shape index (κ3) is 4.44. The summed E-state index contributed by atoms with van der Waals surface area (Å²) < 4.78 is 6.37. The molecule has 1 unspecified atom stereocenters. The van der Waals surface area contributed by atoms with Crippen LogP contribution in [0.1, 0.15) is 55.0 Å². The summed E-state index contributed by atoms with van der Waals surface area (Å²) in [6, 6.07) is 20.0. The summed E-state index contributed by atoms with van der Waals surface area (Å²) in [5.41, 5.74) is 6.54. The summed E-state index contributed by atoms with van der Waals surface area (Å²) in [4.78, 5) is 4.15. The Bertz CT molecular complexity index is 1030. The summed E-state index contributed by atoms with van der Waals surface area (Å²) in [7, 11) is -0.155. The fourth-order valence-electron chi connectivity index (χ4n) is 3.55. The minimum atomic E-state index is -0.162. The molecule has 0 amide bonds. The molecular weight excluding hydrogens is 384 g/mol. The highest BCUT2D eigenvalue weighted by Gasteiger charge is 2.33. The Morgan fingerprint density at radius 3 is 1.87 bits per heavy atom. The molecule has 0 bridgehead atoms. The van der Waals surface area contributed by atoms with Crippen LogP contribution in [0.2, 0.25) is 0 Å². The molecule has 1 nitrogen and oxygen atoms in total. The lowest BCUT2D eigenvalue weighted by molar-refractivity contribution is 0.104. The zero-order valence-corrected chi connectivity index (χ0v) is 20.5. The molecule has 0 aliphatic carbocycles. The van der Waals surface area contributed by atoms with Gasteiger partial charge in [-0.2, -0.15) is 0 Å². The number of hydrogen-bond acceptors (Lipinski definition) is 1. The van der Waals surface area contributed by atoms with Gasteiger partial charge in [-0.05, 0) is 102 Å². The second-order valence-corrected chi connectivity index (χ2v) is 10.7. The molecule has 0 N–H and O–H groups in total. The number of benzene rings is 3. The van der Waals surface area contributed by atoms with Gasteiger partial charge in [-0.15, -0.1) is 0 Å². The van der Waals surface area contributed by atoms with E-state index in [1.54, 1.807) is 0 Å². The van der Waals surface area contributed by atoms with Crippen molar-refractivity contribution >= 4 is 10.9 Å². The molecule has 0 saturated carbocycles. The van der Waals surface area contributed by atoms with E-state index >= 15 is 0 Å². The minimum absolute atomic E-state index is 0.155. The summed E-state index contributed by atoms with van der Waals surface area (Å²) >= 11 is 0. The van der Waals surface area contributed by atoms with E-state index in [2.05, 4.69) is 110 Å². The van der Waals surface area contributed by atoms with Gasteiger partial charge in [0, 0.05) is 11.1 Å². The van der Waals surface area contributed by atoms with Gasteiger partial charge >= 0.3 is 0 Å². The first kappa shape index (κ1) is 22.5. The van der Waals surface area contributed by atoms with Crippen molar-refractivity contribution in [2.24, 2.45) is 0 Å². The second-order valence-electron chi connectivity index (χ2n) is 8.78. The van der Waals surface area contributed by atoms with Crippen molar-refractivity contribution in [2.45, 2.75) is 82.1 Å². The number of aryl methyl sites for hydroxylation is 1. The van der Waals surface area contributed by atoms with Crippen molar-refractivity contribution in [3.63, 3.8) is 0 Å². The molecule has 30 heavy (non-hydrogen) atoms. The third-order valence-electron chi connectivity index (χ3n) is 6.35. The molecule has 3 aromatic carbocycles. The van der Waals surface area contributed by atoms with E-state index in [9.17, 15) is 0 Å². The van der Waals surface area contributed by atoms with Crippen molar-refractivity contribution < 1.29 is 4.74 Å². The van der Waals surface area contributed by atoms with Crippen LogP contribution in [0.4, 0.5) is 0 Å². The lowest BCUT2D eigenvalue weighted by atomic mass is 10.0. The zero-order valence-electron chi connectivity index (χ0n) is 19.7. The maximum atomic E-state index is 6.37. The summed E-state index contributed by atoms with van der Waals surface area (Å²) in [6.07, 6.45) is 0.976. The first-order valence-electron chi connectivity index (χ1n) is 10.8. The predicted octanol–water partition coefficient (Wildman–Crippen LogP) is 7.89. The molecular formula is C28H35OS+. The van der Waals surface area contributed by atoms with Crippen LogP contribution in [0.3, 0.4) is 0 Å². The first-order valence-corrected chi connectivity index (χ1v) is 12.0. The summed E-state index contributed by atoms with van der Waals surface area (Å²) in [5, 5.41) is 0. The van der Waals surface area contributed by atoms with E-state index in [0.717, 1.165) is 12.2 Å². The van der Waals surface area contributed by atoms with Gasteiger partial charge in [0.2, 0.25) is 0 Å². The Morgan fingerprint density at radius 2 is 1.27 bits per heavy atom. The summed E-state index contributed by atoms with van der Waals surface area (Å²) in [5.74, 6) is 0.997. The Morgan fingerprint density at radius 1 is 0.700 bits per heavy atom. The van der Waals surface area contributed by atoms with E-state index in [-0.39, 0.29) is 16.5 Å². The molecule has 158 valence electrons. The standard InChI is InChI=1S/C28H35OS/c1-9-28(7,8)29-25-16-18-27(23(6)21(25)4)30(24-13-11-10-12-14-24)26-17-15-19(2)20(3)22(26)5/h10-18H,9H2,1-8H3/q+1. The van der Waals surface area contributed by atoms with E-state index in [1.165, 1.54) is 42.5 Å². The Balaban J connectivity index is 2.19. The average molecular weight is 420 g/mol. The number of rotatable bonds is 6. The molecule has 0 aliphatic rings. The van der Waals surface area contributed by atoms with Gasteiger partial charge in [-0.25, -0.2) is 0 Å². The first-order chi connectivity index (χ1) is 14.2. The normalized spacial score (nSPS) is 12.7. The Hall–Kier alpha value is -2.19. The van der Waals surface area contributed by atoms with Crippen LogP contribution in [0.25, 0.3) is 0 Å². The fourth-order valence-corrected chi connectivity index (χ4v) is 6.05. The molecule has 0 spiro atoms. The monoisotopic (exact) mass is 419 g/mol. The zero-order chi connectivity index (χ0) is 22.1. The highest BCUT2D eigenvalue weighted by molar-refractivity contribution is 7.97. The maximum absolute atomic E-state index is 6.37. The van der Waals surface area contributed by atoms with Crippen LogP contribution < -0.4 is 4.74 Å². The molecule has 2 heteroatoms. The SMILES string of the molecule is CCC(C)(C)Oc1ccc([S+](c2ccccc2)c2ccc(C)c(C)c2C)c(C)c1C.